The zero-order valence-electron chi connectivity index (χ0n) is 14.1. The van der Waals surface area contributed by atoms with Crippen molar-refractivity contribution in [2.75, 3.05) is 7.11 Å². The molecule has 0 bridgehead atoms. The highest BCUT2D eigenvalue weighted by Crippen LogP contribution is 2.37. The fraction of sp³-hybridized carbons (Fsp3) is 0.316. The fourth-order valence-electron chi connectivity index (χ4n) is 3.03. The average Bonchev–Trinajstić information content (AvgIpc) is 2.56. The molecule has 0 atom stereocenters. The summed E-state index contributed by atoms with van der Waals surface area (Å²) in [7, 11) is 1.66. The third-order valence-electron chi connectivity index (χ3n) is 4.42. The predicted octanol–water partition coefficient (Wildman–Crippen LogP) is 4.32. The highest BCUT2D eigenvalue weighted by Gasteiger charge is 2.30. The summed E-state index contributed by atoms with van der Waals surface area (Å²) in [5.74, 6) is 1.86. The molecule has 0 heterocycles. The van der Waals surface area contributed by atoms with Crippen LogP contribution >= 0.6 is 35.6 Å². The van der Waals surface area contributed by atoms with Gasteiger partial charge in [-0.1, -0.05) is 41.9 Å². The number of halogens is 2. The molecular weight excluding hydrogens is 449 g/mol. The summed E-state index contributed by atoms with van der Waals surface area (Å²) in [5, 5.41) is 4.09. The van der Waals surface area contributed by atoms with Crippen LogP contribution in [-0.2, 0) is 6.54 Å². The van der Waals surface area contributed by atoms with Gasteiger partial charge in [-0.05, 0) is 42.5 Å². The van der Waals surface area contributed by atoms with Crippen molar-refractivity contribution in [2.24, 2.45) is 10.7 Å². The lowest BCUT2D eigenvalue weighted by Gasteiger charge is -2.36. The number of para-hydroxylation sites is 1. The van der Waals surface area contributed by atoms with Crippen molar-refractivity contribution in [3.8, 4) is 5.75 Å². The SMILES string of the molecule is COc1ccccc1CN=C(N)NC1CC(c2cccc(Cl)c2)C1.I. The molecule has 0 saturated heterocycles. The van der Waals surface area contributed by atoms with Crippen LogP contribution in [-0.4, -0.2) is 19.1 Å². The van der Waals surface area contributed by atoms with Gasteiger partial charge in [0.25, 0.3) is 0 Å². The second-order valence-electron chi connectivity index (χ2n) is 6.08. The molecular formula is C19H23ClIN3O. The lowest BCUT2D eigenvalue weighted by atomic mass is 9.76. The van der Waals surface area contributed by atoms with Crippen LogP contribution in [0.1, 0.15) is 29.9 Å². The minimum atomic E-state index is 0. The molecule has 3 N–H and O–H groups in total. The Balaban J connectivity index is 0.00000225. The first-order valence-electron chi connectivity index (χ1n) is 8.09. The molecule has 0 radical (unpaired) electrons. The van der Waals surface area contributed by atoms with E-state index in [0.717, 1.165) is 29.2 Å². The van der Waals surface area contributed by atoms with Gasteiger partial charge in [0, 0.05) is 16.6 Å². The van der Waals surface area contributed by atoms with Crippen LogP contribution in [0, 0.1) is 0 Å². The Hall–Kier alpha value is -1.47. The molecule has 1 aliphatic rings. The smallest absolute Gasteiger partial charge is 0.189 e. The van der Waals surface area contributed by atoms with Crippen molar-refractivity contribution in [1.29, 1.82) is 0 Å². The molecule has 3 rings (SSSR count). The van der Waals surface area contributed by atoms with Crippen molar-refractivity contribution >= 4 is 41.5 Å². The average molecular weight is 472 g/mol. The van der Waals surface area contributed by atoms with Gasteiger partial charge in [-0.2, -0.15) is 0 Å². The maximum atomic E-state index is 6.05. The van der Waals surface area contributed by atoms with Crippen LogP contribution in [0.4, 0.5) is 0 Å². The number of hydrogen-bond donors (Lipinski definition) is 2. The monoisotopic (exact) mass is 471 g/mol. The minimum Gasteiger partial charge on any atom is -0.496 e. The van der Waals surface area contributed by atoms with E-state index >= 15 is 0 Å². The highest BCUT2D eigenvalue weighted by atomic mass is 127. The van der Waals surface area contributed by atoms with Gasteiger partial charge in [0.2, 0.25) is 0 Å². The number of nitrogens with zero attached hydrogens (tertiary/aromatic N) is 1. The van der Waals surface area contributed by atoms with Gasteiger partial charge in [-0.25, -0.2) is 4.99 Å². The van der Waals surface area contributed by atoms with E-state index in [2.05, 4.69) is 16.4 Å². The zero-order valence-corrected chi connectivity index (χ0v) is 17.2. The molecule has 1 aliphatic carbocycles. The van der Waals surface area contributed by atoms with E-state index in [1.165, 1.54) is 5.56 Å². The second kappa shape index (κ2) is 9.29. The maximum Gasteiger partial charge on any atom is 0.189 e. The summed E-state index contributed by atoms with van der Waals surface area (Å²) in [6.45, 7) is 0.507. The van der Waals surface area contributed by atoms with Crippen molar-refractivity contribution in [2.45, 2.75) is 31.3 Å². The number of methoxy groups -OCH3 is 1. The third-order valence-corrected chi connectivity index (χ3v) is 4.66. The molecule has 4 nitrogen and oxygen atoms in total. The summed E-state index contributed by atoms with van der Waals surface area (Å²) in [6, 6.07) is 16.3. The number of guanidine groups is 1. The first-order chi connectivity index (χ1) is 11.7. The van der Waals surface area contributed by atoms with Gasteiger partial charge in [-0.15, -0.1) is 24.0 Å². The van der Waals surface area contributed by atoms with Crippen LogP contribution in [0.25, 0.3) is 0 Å². The number of rotatable bonds is 5. The van der Waals surface area contributed by atoms with Gasteiger partial charge in [0.1, 0.15) is 5.75 Å². The van der Waals surface area contributed by atoms with Crippen LogP contribution in [0.5, 0.6) is 5.75 Å². The Bertz CT molecular complexity index is 732. The Morgan fingerprint density at radius 2 is 2.00 bits per heavy atom. The molecule has 0 spiro atoms. The van der Waals surface area contributed by atoms with Crippen LogP contribution in [0.2, 0.25) is 5.02 Å². The number of nitrogens with one attached hydrogen (secondary N) is 1. The van der Waals surface area contributed by atoms with Crippen LogP contribution < -0.4 is 15.8 Å². The van der Waals surface area contributed by atoms with Gasteiger partial charge in [0.15, 0.2) is 5.96 Å². The predicted molar refractivity (Wildman–Crippen MR) is 114 cm³/mol. The molecule has 0 aromatic heterocycles. The van der Waals surface area contributed by atoms with Gasteiger partial charge in [-0.3, -0.25) is 0 Å². The lowest BCUT2D eigenvalue weighted by molar-refractivity contribution is 0.323. The maximum absolute atomic E-state index is 6.05. The molecule has 2 aromatic carbocycles. The fourth-order valence-corrected chi connectivity index (χ4v) is 3.23. The van der Waals surface area contributed by atoms with E-state index in [0.29, 0.717) is 24.5 Å². The summed E-state index contributed by atoms with van der Waals surface area (Å²) in [5.41, 5.74) is 8.33. The molecule has 0 amide bonds. The summed E-state index contributed by atoms with van der Waals surface area (Å²) < 4.78 is 5.32. The zero-order chi connectivity index (χ0) is 16.9. The number of benzene rings is 2. The molecule has 6 heteroatoms. The van der Waals surface area contributed by atoms with Gasteiger partial charge < -0.3 is 15.8 Å². The van der Waals surface area contributed by atoms with Gasteiger partial charge >= 0.3 is 0 Å². The summed E-state index contributed by atoms with van der Waals surface area (Å²) in [4.78, 5) is 4.42. The highest BCUT2D eigenvalue weighted by molar-refractivity contribution is 14.0. The van der Waals surface area contributed by atoms with E-state index in [1.54, 1.807) is 7.11 Å². The lowest BCUT2D eigenvalue weighted by Crippen LogP contribution is -2.46. The van der Waals surface area contributed by atoms with Crippen molar-refractivity contribution < 1.29 is 4.74 Å². The summed E-state index contributed by atoms with van der Waals surface area (Å²) in [6.07, 6.45) is 2.09. The Kier molecular flexibility index (Phi) is 7.38. The number of aliphatic imine (C=N–C) groups is 1. The normalized spacial score (nSPS) is 19.5. The first-order valence-corrected chi connectivity index (χ1v) is 8.47. The van der Waals surface area contributed by atoms with Crippen LogP contribution in [0.3, 0.4) is 0 Å². The van der Waals surface area contributed by atoms with E-state index in [9.17, 15) is 0 Å². The molecule has 2 aromatic rings. The Morgan fingerprint density at radius 3 is 2.72 bits per heavy atom. The van der Waals surface area contributed by atoms with E-state index < -0.39 is 0 Å². The molecule has 1 saturated carbocycles. The quantitative estimate of drug-likeness (QED) is 0.388. The Labute approximate surface area is 170 Å². The van der Waals surface area contributed by atoms with Crippen molar-refractivity contribution in [1.82, 2.24) is 5.32 Å². The van der Waals surface area contributed by atoms with Gasteiger partial charge in [0.05, 0.1) is 13.7 Å². The largest absolute Gasteiger partial charge is 0.496 e. The molecule has 134 valence electrons. The summed E-state index contributed by atoms with van der Waals surface area (Å²) >= 11 is 6.05. The topological polar surface area (TPSA) is 59.6 Å². The van der Waals surface area contributed by atoms with E-state index in [1.807, 2.05) is 42.5 Å². The first kappa shape index (κ1) is 19.8. The standard InChI is InChI=1S/C19H22ClN3O.HI/c1-24-18-8-3-2-5-14(18)12-22-19(21)23-17-10-15(11-17)13-6-4-7-16(20)9-13;/h2-9,15,17H,10-12H2,1H3,(H3,21,22,23);1H. The minimum absolute atomic E-state index is 0. The number of ether oxygens (including phenoxy) is 1. The van der Waals surface area contributed by atoms with Crippen LogP contribution in [0.15, 0.2) is 53.5 Å². The van der Waals surface area contributed by atoms with E-state index in [4.69, 9.17) is 22.1 Å². The third kappa shape index (κ3) is 5.25. The molecule has 1 fully saturated rings. The molecule has 25 heavy (non-hydrogen) atoms. The molecule has 0 aliphatic heterocycles. The Morgan fingerprint density at radius 1 is 1.24 bits per heavy atom. The molecule has 0 unspecified atom stereocenters. The number of nitrogens with two attached hydrogens (primary N) is 1. The van der Waals surface area contributed by atoms with E-state index in [-0.39, 0.29) is 24.0 Å². The number of hydrogen-bond acceptors (Lipinski definition) is 2. The second-order valence-corrected chi connectivity index (χ2v) is 6.51. The van der Waals surface area contributed by atoms with Crippen molar-refractivity contribution in [3.05, 3.63) is 64.7 Å². The van der Waals surface area contributed by atoms with Crippen molar-refractivity contribution in [3.63, 3.8) is 0 Å².